The van der Waals surface area contributed by atoms with Crippen molar-refractivity contribution in [1.82, 2.24) is 9.97 Å². The molecule has 1 aromatic rings. The van der Waals surface area contributed by atoms with Crippen molar-refractivity contribution >= 4 is 15.9 Å². The molecular weight excluding hydrogens is 276 g/mol. The zero-order valence-electron chi connectivity index (χ0n) is 10.9. The third-order valence-corrected chi connectivity index (χ3v) is 3.87. The Morgan fingerprint density at radius 3 is 2.53 bits per heavy atom. The molecule has 0 aliphatic carbocycles. The van der Waals surface area contributed by atoms with Gasteiger partial charge < -0.3 is 4.98 Å². The lowest BCUT2D eigenvalue weighted by Gasteiger charge is -2.07. The Morgan fingerprint density at radius 2 is 1.88 bits per heavy atom. The number of halogens is 1. The summed E-state index contributed by atoms with van der Waals surface area (Å²) in [5.74, 6) is 1.09. The molecule has 1 N–H and O–H groups in total. The molecule has 1 unspecified atom stereocenters. The van der Waals surface area contributed by atoms with Gasteiger partial charge in [0, 0.05) is 23.6 Å². The van der Waals surface area contributed by atoms with E-state index in [-0.39, 0.29) is 0 Å². The minimum absolute atomic E-state index is 0.573. The summed E-state index contributed by atoms with van der Waals surface area (Å²) in [4.78, 5) is 7.97. The van der Waals surface area contributed by atoms with Crippen molar-refractivity contribution in [2.45, 2.75) is 69.5 Å². The average molecular weight is 301 g/mol. The van der Waals surface area contributed by atoms with E-state index in [1.54, 1.807) is 0 Å². The van der Waals surface area contributed by atoms with Gasteiger partial charge in [0.1, 0.15) is 5.82 Å². The number of aromatic amines is 1. The van der Waals surface area contributed by atoms with Crippen molar-refractivity contribution in [3.05, 3.63) is 18.2 Å². The lowest BCUT2D eigenvalue weighted by molar-refractivity contribution is 0.569. The third kappa shape index (κ3) is 7.58. The fraction of sp³-hybridized carbons (Fsp3) is 0.786. The Morgan fingerprint density at radius 1 is 1.18 bits per heavy atom. The van der Waals surface area contributed by atoms with Crippen LogP contribution in [0, 0.1) is 0 Å². The van der Waals surface area contributed by atoms with Gasteiger partial charge in [-0.3, -0.25) is 0 Å². The molecule has 98 valence electrons. The van der Waals surface area contributed by atoms with Gasteiger partial charge in [-0.2, -0.15) is 0 Å². The van der Waals surface area contributed by atoms with Crippen LogP contribution >= 0.6 is 15.9 Å². The maximum Gasteiger partial charge on any atom is 0.107 e. The fourth-order valence-corrected chi connectivity index (χ4v) is 2.67. The summed E-state index contributed by atoms with van der Waals surface area (Å²) in [7, 11) is 0. The smallest absolute Gasteiger partial charge is 0.107 e. The summed E-state index contributed by atoms with van der Waals surface area (Å²) in [6, 6.07) is 0. The summed E-state index contributed by atoms with van der Waals surface area (Å²) in [5.41, 5.74) is 0. The van der Waals surface area contributed by atoms with Crippen LogP contribution in [0.1, 0.15) is 64.1 Å². The predicted octanol–water partition coefficient (Wildman–Crippen LogP) is 4.86. The van der Waals surface area contributed by atoms with Crippen LogP contribution in [0.5, 0.6) is 0 Å². The first-order chi connectivity index (χ1) is 8.33. The summed E-state index contributed by atoms with van der Waals surface area (Å²) in [5, 5.41) is 0. The predicted molar refractivity (Wildman–Crippen MR) is 77.6 cm³/mol. The SMILES string of the molecule is CCCCCCCCCC(Br)Cc1ncc[nH]1. The number of nitrogens with zero attached hydrogens (tertiary/aromatic N) is 1. The van der Waals surface area contributed by atoms with E-state index in [9.17, 15) is 0 Å². The Kier molecular flexibility index (Phi) is 8.41. The lowest BCUT2D eigenvalue weighted by atomic mass is 10.1. The zero-order valence-corrected chi connectivity index (χ0v) is 12.5. The van der Waals surface area contributed by atoms with Crippen LogP contribution < -0.4 is 0 Å². The number of hydrogen-bond donors (Lipinski definition) is 1. The number of aromatic nitrogens is 2. The van der Waals surface area contributed by atoms with Crippen molar-refractivity contribution in [3.8, 4) is 0 Å². The van der Waals surface area contributed by atoms with Gasteiger partial charge in [0.2, 0.25) is 0 Å². The largest absolute Gasteiger partial charge is 0.349 e. The molecule has 0 aliphatic heterocycles. The van der Waals surface area contributed by atoms with Gasteiger partial charge in [-0.15, -0.1) is 0 Å². The molecule has 0 bridgehead atoms. The van der Waals surface area contributed by atoms with Gasteiger partial charge in [-0.25, -0.2) is 4.98 Å². The van der Waals surface area contributed by atoms with Crippen LogP contribution in [0.25, 0.3) is 0 Å². The standard InChI is InChI=1S/C14H25BrN2/c1-2-3-4-5-6-7-8-9-13(15)12-14-16-10-11-17-14/h10-11,13H,2-9,12H2,1H3,(H,16,17). The van der Waals surface area contributed by atoms with Gasteiger partial charge in [-0.1, -0.05) is 67.8 Å². The van der Waals surface area contributed by atoms with Crippen molar-refractivity contribution in [2.75, 3.05) is 0 Å². The molecule has 1 rings (SSSR count). The summed E-state index contributed by atoms with van der Waals surface area (Å²) >= 11 is 3.73. The van der Waals surface area contributed by atoms with Crippen LogP contribution in [0.4, 0.5) is 0 Å². The molecule has 0 aromatic carbocycles. The monoisotopic (exact) mass is 300 g/mol. The second kappa shape index (κ2) is 9.69. The first-order valence-corrected chi connectivity index (χ1v) is 7.86. The Bertz CT molecular complexity index is 259. The van der Waals surface area contributed by atoms with Crippen LogP contribution in [-0.4, -0.2) is 14.8 Å². The van der Waals surface area contributed by atoms with E-state index >= 15 is 0 Å². The molecule has 1 aromatic heterocycles. The number of alkyl halides is 1. The zero-order chi connectivity index (χ0) is 12.3. The van der Waals surface area contributed by atoms with E-state index in [0.717, 1.165) is 12.2 Å². The van der Waals surface area contributed by atoms with E-state index in [1.807, 2.05) is 12.4 Å². The molecule has 0 aliphatic rings. The van der Waals surface area contributed by atoms with E-state index < -0.39 is 0 Å². The number of nitrogens with one attached hydrogen (secondary N) is 1. The first-order valence-electron chi connectivity index (χ1n) is 6.95. The third-order valence-electron chi connectivity index (χ3n) is 3.09. The molecule has 2 nitrogen and oxygen atoms in total. The second-order valence-corrected chi connectivity index (χ2v) is 6.04. The minimum atomic E-state index is 0.573. The maximum absolute atomic E-state index is 4.25. The molecule has 1 heterocycles. The van der Waals surface area contributed by atoms with Gasteiger partial charge in [0.15, 0.2) is 0 Å². The van der Waals surface area contributed by atoms with Gasteiger partial charge in [-0.05, 0) is 6.42 Å². The van der Waals surface area contributed by atoms with Gasteiger partial charge in [0.05, 0.1) is 0 Å². The molecule has 1 atom stereocenters. The Labute approximate surface area is 114 Å². The van der Waals surface area contributed by atoms with Gasteiger partial charge in [0.25, 0.3) is 0 Å². The van der Waals surface area contributed by atoms with Crippen LogP contribution in [0.15, 0.2) is 12.4 Å². The van der Waals surface area contributed by atoms with Crippen LogP contribution in [0.2, 0.25) is 0 Å². The highest BCUT2D eigenvalue weighted by atomic mass is 79.9. The summed E-state index contributed by atoms with van der Waals surface area (Å²) in [6.45, 7) is 2.27. The molecule has 0 amide bonds. The fourth-order valence-electron chi connectivity index (χ4n) is 2.04. The normalized spacial score (nSPS) is 12.8. The molecule has 17 heavy (non-hydrogen) atoms. The molecule has 0 saturated carbocycles. The lowest BCUT2D eigenvalue weighted by Crippen LogP contribution is -2.04. The molecule has 0 fully saturated rings. The van der Waals surface area contributed by atoms with Crippen molar-refractivity contribution in [2.24, 2.45) is 0 Å². The minimum Gasteiger partial charge on any atom is -0.349 e. The number of imidazole rings is 1. The highest BCUT2D eigenvalue weighted by Crippen LogP contribution is 2.16. The first kappa shape index (κ1) is 14.7. The second-order valence-electron chi connectivity index (χ2n) is 4.75. The molecule has 3 heteroatoms. The highest BCUT2D eigenvalue weighted by molar-refractivity contribution is 9.09. The summed E-state index contributed by atoms with van der Waals surface area (Å²) < 4.78 is 0. The number of rotatable bonds is 10. The van der Waals surface area contributed by atoms with Crippen molar-refractivity contribution < 1.29 is 0 Å². The van der Waals surface area contributed by atoms with E-state index in [0.29, 0.717) is 4.83 Å². The molecule has 0 spiro atoms. The summed E-state index contributed by atoms with van der Waals surface area (Å²) in [6.07, 6.45) is 15.7. The topological polar surface area (TPSA) is 28.7 Å². The van der Waals surface area contributed by atoms with Crippen molar-refractivity contribution in [3.63, 3.8) is 0 Å². The van der Waals surface area contributed by atoms with E-state index in [1.165, 1.54) is 51.4 Å². The molecule has 0 saturated heterocycles. The molecule has 0 radical (unpaired) electrons. The van der Waals surface area contributed by atoms with Crippen molar-refractivity contribution in [1.29, 1.82) is 0 Å². The Hall–Kier alpha value is -0.310. The molecular formula is C14H25BrN2. The van der Waals surface area contributed by atoms with Gasteiger partial charge >= 0.3 is 0 Å². The number of unbranched alkanes of at least 4 members (excludes halogenated alkanes) is 6. The maximum atomic E-state index is 4.25. The van der Waals surface area contributed by atoms with E-state index in [2.05, 4.69) is 32.8 Å². The number of hydrogen-bond acceptors (Lipinski definition) is 1. The Balaban J connectivity index is 1.92. The quantitative estimate of drug-likeness (QED) is 0.485. The number of H-pyrrole nitrogens is 1. The van der Waals surface area contributed by atoms with Crippen LogP contribution in [0.3, 0.4) is 0 Å². The van der Waals surface area contributed by atoms with E-state index in [4.69, 9.17) is 0 Å². The van der Waals surface area contributed by atoms with Crippen LogP contribution in [-0.2, 0) is 6.42 Å². The average Bonchev–Trinajstić information content (AvgIpc) is 2.80. The highest BCUT2D eigenvalue weighted by Gasteiger charge is 2.06.